The number of nitrogens with zero attached hydrogens (tertiary/aromatic N) is 1. The second kappa shape index (κ2) is 8.93. The lowest BCUT2D eigenvalue weighted by molar-refractivity contribution is -0.922. The van der Waals surface area contributed by atoms with Gasteiger partial charge in [-0.25, -0.2) is 0 Å². The van der Waals surface area contributed by atoms with E-state index >= 15 is 0 Å². The zero-order chi connectivity index (χ0) is 11.0. The van der Waals surface area contributed by atoms with Crippen LogP contribution in [0.5, 0.6) is 0 Å². The third-order valence-corrected chi connectivity index (χ3v) is 3.20. The van der Waals surface area contributed by atoms with Crippen LogP contribution in [0.4, 0.5) is 0 Å². The quantitative estimate of drug-likeness (QED) is 0.424. The van der Waals surface area contributed by atoms with Crippen LogP contribution in [0.15, 0.2) is 12.2 Å². The van der Waals surface area contributed by atoms with Gasteiger partial charge in [0, 0.05) is 0 Å². The van der Waals surface area contributed by atoms with Crippen LogP contribution in [0.3, 0.4) is 0 Å². The highest BCUT2D eigenvalue weighted by atomic mass is 35.5. The van der Waals surface area contributed by atoms with Gasteiger partial charge in [0.25, 0.3) is 0 Å². The molecule has 0 spiro atoms. The van der Waals surface area contributed by atoms with Crippen LogP contribution in [0, 0.1) is 0 Å². The molecule has 0 unspecified atom stereocenters. The smallest absolute Gasteiger partial charge is 0.160 e. The summed E-state index contributed by atoms with van der Waals surface area (Å²) in [5.41, 5.74) is 0. The van der Waals surface area contributed by atoms with Gasteiger partial charge in [-0.05, 0) is 33.8 Å². The maximum atomic E-state index is 11.3. The average molecular weight is 234 g/mol. The van der Waals surface area contributed by atoms with Gasteiger partial charge in [-0.3, -0.25) is 4.79 Å². The van der Waals surface area contributed by atoms with E-state index < -0.39 is 0 Å². The van der Waals surface area contributed by atoms with E-state index in [1.165, 1.54) is 0 Å². The standard InChI is InChI=1S/C12H24NO.ClH/c1-5-9-12(14)10-11-13(6-2,7-3)8-4;/h5,9H,6-8,10-11H2,1-4H3;1H/q+1;/p-1. The Kier molecular flexibility index (Phi) is 10.2. The van der Waals surface area contributed by atoms with E-state index in [1.54, 1.807) is 6.08 Å². The van der Waals surface area contributed by atoms with Crippen LogP contribution >= 0.6 is 0 Å². The predicted molar refractivity (Wildman–Crippen MR) is 61.2 cm³/mol. The second-order valence-corrected chi connectivity index (χ2v) is 3.73. The first-order valence-electron chi connectivity index (χ1n) is 5.64. The number of ketones is 1. The van der Waals surface area contributed by atoms with E-state index in [-0.39, 0.29) is 18.2 Å². The van der Waals surface area contributed by atoms with Crippen LogP contribution in [0.1, 0.15) is 34.1 Å². The SMILES string of the molecule is CC=CC(=O)CC[N+](CC)(CC)CC.[Cl-]. The highest BCUT2D eigenvalue weighted by Crippen LogP contribution is 2.07. The van der Waals surface area contributed by atoms with Gasteiger partial charge in [0.2, 0.25) is 0 Å². The third-order valence-electron chi connectivity index (χ3n) is 3.20. The van der Waals surface area contributed by atoms with Crippen LogP contribution in [-0.4, -0.2) is 36.4 Å². The molecule has 0 amide bonds. The van der Waals surface area contributed by atoms with Crippen molar-refractivity contribution in [3.8, 4) is 0 Å². The molecule has 0 radical (unpaired) electrons. The number of carbonyl (C=O) groups is 1. The molecule has 0 atom stereocenters. The summed E-state index contributed by atoms with van der Waals surface area (Å²) < 4.78 is 1.06. The molecule has 0 aliphatic rings. The molecule has 0 aromatic heterocycles. The Hall–Kier alpha value is -0.340. The average Bonchev–Trinajstić information content (AvgIpc) is 2.21. The van der Waals surface area contributed by atoms with E-state index in [4.69, 9.17) is 0 Å². The Labute approximate surface area is 100 Å². The number of quaternary nitrogens is 1. The first-order valence-corrected chi connectivity index (χ1v) is 5.64. The summed E-state index contributed by atoms with van der Waals surface area (Å²) in [6.07, 6.45) is 4.18. The van der Waals surface area contributed by atoms with E-state index in [2.05, 4.69) is 20.8 Å². The van der Waals surface area contributed by atoms with Crippen molar-refractivity contribution in [3.63, 3.8) is 0 Å². The molecule has 0 fully saturated rings. The minimum atomic E-state index is 0. The van der Waals surface area contributed by atoms with E-state index in [1.807, 2.05) is 13.0 Å². The van der Waals surface area contributed by atoms with Crippen molar-refractivity contribution in [2.24, 2.45) is 0 Å². The number of allylic oxidation sites excluding steroid dienone is 2. The number of halogens is 1. The molecule has 0 bridgehead atoms. The fourth-order valence-electron chi connectivity index (χ4n) is 1.76. The minimum Gasteiger partial charge on any atom is -1.00 e. The van der Waals surface area contributed by atoms with Gasteiger partial charge < -0.3 is 16.9 Å². The number of rotatable bonds is 7. The maximum absolute atomic E-state index is 11.3. The van der Waals surface area contributed by atoms with Gasteiger partial charge >= 0.3 is 0 Å². The normalized spacial score (nSPS) is 11.5. The van der Waals surface area contributed by atoms with Gasteiger partial charge in [-0.1, -0.05) is 6.08 Å². The Balaban J connectivity index is 0. The number of carbonyl (C=O) groups excluding carboxylic acids is 1. The summed E-state index contributed by atoms with van der Waals surface area (Å²) in [5.74, 6) is 0.255. The van der Waals surface area contributed by atoms with Crippen LogP contribution in [-0.2, 0) is 4.79 Å². The molecule has 0 aliphatic carbocycles. The van der Waals surface area contributed by atoms with Crippen molar-refractivity contribution in [2.45, 2.75) is 34.1 Å². The fourth-order valence-corrected chi connectivity index (χ4v) is 1.76. The summed E-state index contributed by atoms with van der Waals surface area (Å²) >= 11 is 0. The lowest BCUT2D eigenvalue weighted by atomic mass is 10.2. The van der Waals surface area contributed by atoms with Crippen LogP contribution in [0.2, 0.25) is 0 Å². The Morgan fingerprint density at radius 2 is 1.60 bits per heavy atom. The Morgan fingerprint density at radius 3 is 1.93 bits per heavy atom. The highest BCUT2D eigenvalue weighted by molar-refractivity contribution is 5.89. The molecule has 3 heteroatoms. The van der Waals surface area contributed by atoms with Gasteiger partial charge in [-0.15, -0.1) is 0 Å². The molecule has 90 valence electrons. The molecule has 0 saturated heterocycles. The zero-order valence-corrected chi connectivity index (χ0v) is 11.2. The Bertz CT molecular complexity index is 190. The summed E-state index contributed by atoms with van der Waals surface area (Å²) in [5, 5.41) is 0. The van der Waals surface area contributed by atoms with Crippen LogP contribution in [0.25, 0.3) is 0 Å². The molecule has 0 aromatic carbocycles. The van der Waals surface area contributed by atoms with E-state index in [9.17, 15) is 4.79 Å². The van der Waals surface area contributed by atoms with Gasteiger partial charge in [-0.2, -0.15) is 0 Å². The van der Waals surface area contributed by atoms with Gasteiger partial charge in [0.15, 0.2) is 5.78 Å². The van der Waals surface area contributed by atoms with Crippen molar-refractivity contribution in [3.05, 3.63) is 12.2 Å². The molecule has 0 heterocycles. The fraction of sp³-hybridized carbons (Fsp3) is 0.750. The molecule has 0 N–H and O–H groups in total. The second-order valence-electron chi connectivity index (χ2n) is 3.73. The first kappa shape index (κ1) is 17.1. The Morgan fingerprint density at radius 1 is 1.13 bits per heavy atom. The third kappa shape index (κ3) is 5.95. The molecule has 0 aromatic rings. The number of hydrogen-bond acceptors (Lipinski definition) is 1. The van der Waals surface area contributed by atoms with Gasteiger partial charge in [0.05, 0.1) is 32.6 Å². The topological polar surface area (TPSA) is 17.1 Å². The molecular weight excluding hydrogens is 210 g/mol. The summed E-state index contributed by atoms with van der Waals surface area (Å²) in [4.78, 5) is 11.3. The predicted octanol–water partition coefficient (Wildman–Crippen LogP) is -0.598. The van der Waals surface area contributed by atoms with E-state index in [0.29, 0.717) is 6.42 Å². The monoisotopic (exact) mass is 233 g/mol. The zero-order valence-electron chi connectivity index (χ0n) is 10.4. The minimum absolute atomic E-state index is 0. The molecule has 0 rings (SSSR count). The van der Waals surface area contributed by atoms with Crippen molar-refractivity contribution in [1.29, 1.82) is 0 Å². The van der Waals surface area contributed by atoms with Crippen molar-refractivity contribution < 1.29 is 21.7 Å². The highest BCUT2D eigenvalue weighted by Gasteiger charge is 2.20. The molecular formula is C12H24ClNO. The first-order chi connectivity index (χ1) is 6.64. The molecule has 0 saturated carbocycles. The van der Waals surface area contributed by atoms with Crippen LogP contribution < -0.4 is 12.4 Å². The van der Waals surface area contributed by atoms with Gasteiger partial charge in [0.1, 0.15) is 0 Å². The maximum Gasteiger partial charge on any atom is 0.160 e. The van der Waals surface area contributed by atoms with Crippen molar-refractivity contribution in [2.75, 3.05) is 26.2 Å². The lowest BCUT2D eigenvalue weighted by Crippen LogP contribution is -3.00. The largest absolute Gasteiger partial charge is 1.00 e. The summed E-state index contributed by atoms with van der Waals surface area (Å²) in [7, 11) is 0. The molecule has 2 nitrogen and oxygen atoms in total. The number of hydrogen-bond donors (Lipinski definition) is 0. The summed E-state index contributed by atoms with van der Waals surface area (Å²) in [6.45, 7) is 12.8. The molecule has 0 aliphatic heterocycles. The molecule has 15 heavy (non-hydrogen) atoms. The lowest BCUT2D eigenvalue weighted by Gasteiger charge is -2.35. The van der Waals surface area contributed by atoms with E-state index in [0.717, 1.165) is 30.7 Å². The van der Waals surface area contributed by atoms with Crippen molar-refractivity contribution >= 4 is 5.78 Å². The van der Waals surface area contributed by atoms with Crippen molar-refractivity contribution in [1.82, 2.24) is 0 Å². The summed E-state index contributed by atoms with van der Waals surface area (Å²) in [6, 6.07) is 0.